The van der Waals surface area contributed by atoms with Gasteiger partial charge in [0.05, 0.1) is 0 Å². The average Bonchev–Trinajstić information content (AvgIpc) is 2.64. The van der Waals surface area contributed by atoms with Crippen LogP contribution in [0.1, 0.15) is 83.1 Å². The highest BCUT2D eigenvalue weighted by molar-refractivity contribution is 6.91. The van der Waals surface area contributed by atoms with E-state index in [1.165, 1.54) is 0 Å². The molecule has 2 N–H and O–H groups in total. The summed E-state index contributed by atoms with van der Waals surface area (Å²) in [7, 11) is -7.89. The highest BCUT2D eigenvalue weighted by Crippen LogP contribution is 2.44. The first-order valence-electron chi connectivity index (χ1n) is 15.3. The molecule has 0 unspecified atom stereocenters. The van der Waals surface area contributed by atoms with E-state index >= 15 is 0 Å². The lowest BCUT2D eigenvalue weighted by Crippen LogP contribution is -2.59. The Bertz CT molecular complexity index is 767. The van der Waals surface area contributed by atoms with Crippen molar-refractivity contribution in [1.29, 1.82) is 0 Å². The summed E-state index contributed by atoms with van der Waals surface area (Å²) in [5.74, 6) is 7.02. The summed E-state index contributed by atoms with van der Waals surface area (Å²) in [5.41, 5.74) is 7.33. The van der Waals surface area contributed by atoms with Gasteiger partial charge in [0.15, 0.2) is 11.2 Å². The minimum atomic E-state index is -2.11. The van der Waals surface area contributed by atoms with Crippen LogP contribution in [-0.4, -0.2) is 53.7 Å². The monoisotopic (exact) mass is 594 g/mol. The minimum absolute atomic E-state index is 0.463. The molecule has 0 saturated heterocycles. The fourth-order valence-corrected chi connectivity index (χ4v) is 21.8. The zero-order valence-corrected chi connectivity index (χ0v) is 32.8. The number of aliphatic hydroxyl groups is 2. The van der Waals surface area contributed by atoms with Crippen LogP contribution in [-0.2, 0) is 0 Å². The van der Waals surface area contributed by atoms with E-state index in [0.29, 0.717) is 45.3 Å². The Kier molecular flexibility index (Phi) is 13.2. The lowest BCUT2D eigenvalue weighted by Gasteiger charge is -2.44. The molecule has 0 rings (SSSR count). The van der Waals surface area contributed by atoms with Crippen molar-refractivity contribution in [2.75, 3.05) is 0 Å². The number of hydrogen-bond acceptors (Lipinski definition) is 2. The van der Waals surface area contributed by atoms with E-state index in [9.17, 15) is 10.2 Å². The summed E-state index contributed by atoms with van der Waals surface area (Å²) in [5, 5.41) is 25.4. The summed E-state index contributed by atoms with van der Waals surface area (Å²) >= 11 is 0. The standard InChI is InChI=1S/C32H66O2Si4/c1-25(2)37(26(3)4,27(5)6)21-19-31(33,23-35(13,14)15)32(34,24-36(16,17)18)20-22-38(28(7)8,29(9)10)30(11)12/h25-30,33-34H,23-24H2,1-18H3/t31-,32+. The molecule has 2 nitrogen and oxygen atoms in total. The highest BCUT2D eigenvalue weighted by atomic mass is 28.3. The molecule has 0 heterocycles. The predicted molar refractivity (Wildman–Crippen MR) is 184 cm³/mol. The fourth-order valence-electron chi connectivity index (χ4n) is 7.41. The molecule has 222 valence electrons. The van der Waals surface area contributed by atoms with Crippen LogP contribution in [0.4, 0.5) is 0 Å². The third-order valence-electron chi connectivity index (χ3n) is 8.96. The summed E-state index contributed by atoms with van der Waals surface area (Å²) in [4.78, 5) is 0. The van der Waals surface area contributed by atoms with E-state index in [4.69, 9.17) is 0 Å². The van der Waals surface area contributed by atoms with Gasteiger partial charge in [0, 0.05) is 16.1 Å². The van der Waals surface area contributed by atoms with Gasteiger partial charge in [0.25, 0.3) is 0 Å². The predicted octanol–water partition coefficient (Wildman–Crippen LogP) is 9.57. The molecule has 0 spiro atoms. The van der Waals surface area contributed by atoms with Crippen molar-refractivity contribution in [3.8, 4) is 22.9 Å². The van der Waals surface area contributed by atoms with Crippen molar-refractivity contribution in [2.24, 2.45) is 0 Å². The van der Waals surface area contributed by atoms with Gasteiger partial charge in [0.2, 0.25) is 0 Å². The normalized spacial score (nSPS) is 17.0. The Morgan fingerprint density at radius 2 is 0.632 bits per heavy atom. The minimum Gasteiger partial charge on any atom is -0.374 e. The molecule has 0 saturated carbocycles. The summed E-state index contributed by atoms with van der Waals surface area (Å²) in [6, 6.07) is 1.06. The van der Waals surface area contributed by atoms with Crippen molar-refractivity contribution in [3.63, 3.8) is 0 Å². The Morgan fingerprint density at radius 1 is 0.447 bits per heavy atom. The smallest absolute Gasteiger partial charge is 0.161 e. The lowest BCUT2D eigenvalue weighted by molar-refractivity contribution is -0.0564. The van der Waals surface area contributed by atoms with Gasteiger partial charge in [-0.2, -0.15) is 0 Å². The number of rotatable bonds is 11. The molecular weight excluding hydrogens is 529 g/mol. The fraction of sp³-hybridized carbons (Fsp3) is 0.875. The van der Waals surface area contributed by atoms with E-state index in [1.807, 2.05) is 0 Å². The molecule has 38 heavy (non-hydrogen) atoms. The van der Waals surface area contributed by atoms with Crippen molar-refractivity contribution in [1.82, 2.24) is 0 Å². The van der Waals surface area contributed by atoms with Crippen LogP contribution >= 0.6 is 0 Å². The van der Waals surface area contributed by atoms with Crippen LogP contribution < -0.4 is 0 Å². The molecule has 0 aliphatic heterocycles. The van der Waals surface area contributed by atoms with Crippen LogP contribution in [0, 0.1) is 22.9 Å². The average molecular weight is 595 g/mol. The second-order valence-electron chi connectivity index (χ2n) is 16.5. The molecular formula is C32H66O2Si4. The van der Waals surface area contributed by atoms with Gasteiger partial charge < -0.3 is 10.2 Å². The van der Waals surface area contributed by atoms with Crippen LogP contribution in [0.5, 0.6) is 0 Å². The van der Waals surface area contributed by atoms with Gasteiger partial charge >= 0.3 is 0 Å². The van der Waals surface area contributed by atoms with Crippen LogP contribution in [0.25, 0.3) is 0 Å². The van der Waals surface area contributed by atoms with E-state index in [0.717, 1.165) is 0 Å². The maximum atomic E-state index is 12.7. The Labute approximate surface area is 243 Å². The van der Waals surface area contributed by atoms with Crippen molar-refractivity contribution in [3.05, 3.63) is 0 Å². The van der Waals surface area contributed by atoms with E-state index < -0.39 is 43.5 Å². The summed E-state index contributed by atoms with van der Waals surface area (Å²) in [6.45, 7) is 41.3. The third kappa shape index (κ3) is 8.70. The second kappa shape index (κ2) is 13.3. The largest absolute Gasteiger partial charge is 0.374 e. The SMILES string of the molecule is CC(C)[Si](C#C[C@@](O)(C[Si](C)(C)C)[C@](O)(C#C[Si](C(C)C)(C(C)C)C(C)C)C[Si](C)(C)C)(C(C)C)C(C)C. The quantitative estimate of drug-likeness (QED) is 0.185. The lowest BCUT2D eigenvalue weighted by atomic mass is 9.87. The number of hydrogen-bond donors (Lipinski definition) is 2. The van der Waals surface area contributed by atoms with Gasteiger partial charge in [-0.25, -0.2) is 0 Å². The first-order chi connectivity index (χ1) is 16.7. The van der Waals surface area contributed by atoms with E-state index in [-0.39, 0.29) is 0 Å². The van der Waals surface area contributed by atoms with Crippen molar-refractivity contribution in [2.45, 2.75) is 179 Å². The molecule has 0 aliphatic rings. The van der Waals surface area contributed by atoms with E-state index in [2.05, 4.69) is 145 Å². The zero-order valence-electron chi connectivity index (χ0n) is 28.8. The molecule has 0 aliphatic carbocycles. The van der Waals surface area contributed by atoms with Gasteiger partial charge in [0.1, 0.15) is 16.1 Å². The zero-order chi connectivity index (χ0) is 30.7. The molecule has 0 radical (unpaired) electrons. The topological polar surface area (TPSA) is 40.5 Å². The summed E-state index contributed by atoms with van der Waals surface area (Å²) < 4.78 is 0. The van der Waals surface area contributed by atoms with Crippen LogP contribution in [0.2, 0.25) is 84.6 Å². The maximum Gasteiger partial charge on any atom is 0.161 e. The molecule has 0 bridgehead atoms. The Balaban J connectivity index is 7.76. The molecule has 0 aromatic carbocycles. The van der Waals surface area contributed by atoms with Gasteiger partial charge in [-0.15, -0.1) is 11.1 Å². The highest BCUT2D eigenvalue weighted by Gasteiger charge is 2.53. The molecule has 0 amide bonds. The third-order valence-corrected chi connectivity index (χ3v) is 24.7. The van der Waals surface area contributed by atoms with E-state index in [1.54, 1.807) is 0 Å². The van der Waals surface area contributed by atoms with Gasteiger partial charge in [-0.05, 0) is 45.3 Å². The first-order valence-corrected chi connectivity index (χ1v) is 27.1. The Hall–Kier alpha value is -0.0925. The molecule has 0 aromatic heterocycles. The van der Waals surface area contributed by atoms with Gasteiger partial charge in [-0.1, -0.05) is 134 Å². The van der Waals surface area contributed by atoms with Gasteiger partial charge in [-0.3, -0.25) is 0 Å². The Morgan fingerprint density at radius 3 is 0.763 bits per heavy atom. The van der Waals surface area contributed by atoms with Crippen molar-refractivity contribution < 1.29 is 10.2 Å². The summed E-state index contributed by atoms with van der Waals surface area (Å²) in [6.07, 6.45) is 0. The molecule has 2 atom stereocenters. The van der Waals surface area contributed by atoms with Crippen molar-refractivity contribution >= 4 is 32.3 Å². The maximum absolute atomic E-state index is 12.7. The van der Waals surface area contributed by atoms with Crippen LogP contribution in [0.3, 0.4) is 0 Å². The second-order valence-corrected chi connectivity index (χ2v) is 38.6. The van der Waals surface area contributed by atoms with Crippen LogP contribution in [0.15, 0.2) is 0 Å². The first kappa shape index (κ1) is 37.9. The molecule has 6 heteroatoms. The molecule has 0 aromatic rings. The molecule has 0 fully saturated rings.